The molecule has 0 aromatic carbocycles. The van der Waals surface area contributed by atoms with Crippen LogP contribution in [0.1, 0.15) is 31.4 Å². The molecule has 1 saturated heterocycles. The molecule has 0 bridgehead atoms. The number of furan rings is 1. The molecule has 1 aliphatic rings. The summed E-state index contributed by atoms with van der Waals surface area (Å²) in [5.74, 6) is 1.08. The third kappa shape index (κ3) is 6.35. The molecule has 3 heterocycles. The van der Waals surface area contributed by atoms with Crippen molar-refractivity contribution in [2.45, 2.75) is 44.9 Å². The van der Waals surface area contributed by atoms with Crippen LogP contribution in [0.3, 0.4) is 0 Å². The van der Waals surface area contributed by atoms with E-state index in [1.165, 1.54) is 0 Å². The second-order valence-corrected chi connectivity index (χ2v) is 6.82. The zero-order valence-electron chi connectivity index (χ0n) is 15.3. The Balaban J connectivity index is 1.35. The quantitative estimate of drug-likeness (QED) is 0.627. The first-order valence-electron chi connectivity index (χ1n) is 9.53. The minimum atomic E-state index is 0.107. The molecule has 6 heteroatoms. The van der Waals surface area contributed by atoms with Crippen molar-refractivity contribution in [2.75, 3.05) is 26.2 Å². The second-order valence-electron chi connectivity index (χ2n) is 6.82. The molecule has 2 aromatic heterocycles. The molecule has 3 rings (SSSR count). The Kier molecular flexibility index (Phi) is 7.34. The van der Waals surface area contributed by atoms with Crippen LogP contribution >= 0.6 is 0 Å². The van der Waals surface area contributed by atoms with Gasteiger partial charge in [0.25, 0.3) is 0 Å². The van der Waals surface area contributed by atoms with Gasteiger partial charge in [-0.1, -0.05) is 0 Å². The summed E-state index contributed by atoms with van der Waals surface area (Å²) < 4.78 is 13.3. The number of amides is 1. The average molecular weight is 359 g/mol. The molecular weight excluding hydrogens is 330 g/mol. The number of hydrogen-bond acceptors (Lipinski definition) is 4. The SMILES string of the molecule is O=C(CCn1cccc1)NCCCN(Cc1ccco1)CC1CCCO1. The first kappa shape index (κ1) is 18.7. The summed E-state index contributed by atoms with van der Waals surface area (Å²) in [6.07, 6.45) is 9.70. The van der Waals surface area contributed by atoms with Gasteiger partial charge in [0.15, 0.2) is 0 Å². The van der Waals surface area contributed by atoms with Crippen molar-refractivity contribution in [3.05, 3.63) is 48.7 Å². The van der Waals surface area contributed by atoms with Crippen molar-refractivity contribution in [2.24, 2.45) is 0 Å². The summed E-state index contributed by atoms with van der Waals surface area (Å²) in [6, 6.07) is 7.87. The van der Waals surface area contributed by atoms with Crippen LogP contribution in [0.2, 0.25) is 0 Å². The first-order valence-corrected chi connectivity index (χ1v) is 9.53. The van der Waals surface area contributed by atoms with Gasteiger partial charge in [-0.05, 0) is 43.5 Å². The lowest BCUT2D eigenvalue weighted by atomic mass is 10.2. The standard InChI is InChI=1S/C20H29N3O3/c24-20(8-13-22-10-1-2-11-22)21-9-5-12-23(16-18-6-3-14-25-18)17-19-7-4-15-26-19/h1-3,6,10-11,14,19H,4-5,7-9,12-13,15-17H2,(H,21,24). The van der Waals surface area contributed by atoms with E-state index in [4.69, 9.17) is 9.15 Å². The predicted octanol–water partition coefficient (Wildman–Crippen LogP) is 2.66. The van der Waals surface area contributed by atoms with E-state index >= 15 is 0 Å². The fraction of sp³-hybridized carbons (Fsp3) is 0.550. The van der Waals surface area contributed by atoms with E-state index in [1.54, 1.807) is 6.26 Å². The number of nitrogens with one attached hydrogen (secondary N) is 1. The molecular formula is C20H29N3O3. The van der Waals surface area contributed by atoms with Gasteiger partial charge in [-0.2, -0.15) is 0 Å². The zero-order chi connectivity index (χ0) is 18.0. The van der Waals surface area contributed by atoms with Gasteiger partial charge in [0, 0.05) is 51.6 Å². The lowest BCUT2D eigenvalue weighted by Crippen LogP contribution is -2.34. The fourth-order valence-electron chi connectivity index (χ4n) is 3.30. The largest absolute Gasteiger partial charge is 0.468 e. The van der Waals surface area contributed by atoms with Gasteiger partial charge in [-0.15, -0.1) is 0 Å². The predicted molar refractivity (Wildman–Crippen MR) is 99.6 cm³/mol. The molecule has 2 aromatic rings. The Hall–Kier alpha value is -2.05. The molecule has 1 amide bonds. The molecule has 142 valence electrons. The molecule has 26 heavy (non-hydrogen) atoms. The summed E-state index contributed by atoms with van der Waals surface area (Å²) in [4.78, 5) is 14.3. The van der Waals surface area contributed by atoms with Gasteiger partial charge in [-0.25, -0.2) is 0 Å². The Bertz CT molecular complexity index is 619. The number of nitrogens with zero attached hydrogens (tertiary/aromatic N) is 2. The van der Waals surface area contributed by atoms with Crippen molar-refractivity contribution >= 4 is 5.91 Å². The molecule has 0 saturated carbocycles. The van der Waals surface area contributed by atoms with Gasteiger partial charge in [0.05, 0.1) is 18.9 Å². The normalized spacial score (nSPS) is 17.0. The van der Waals surface area contributed by atoms with Crippen LogP contribution in [0.5, 0.6) is 0 Å². The molecule has 0 aliphatic carbocycles. The number of ether oxygens (including phenoxy) is 1. The number of hydrogen-bond donors (Lipinski definition) is 1. The molecule has 1 unspecified atom stereocenters. The van der Waals surface area contributed by atoms with Crippen LogP contribution in [0.15, 0.2) is 47.3 Å². The number of carbonyl (C=O) groups is 1. The first-order chi connectivity index (χ1) is 12.8. The highest BCUT2D eigenvalue weighted by molar-refractivity contribution is 5.75. The monoisotopic (exact) mass is 359 g/mol. The van der Waals surface area contributed by atoms with Crippen LogP contribution in [-0.4, -0.2) is 47.7 Å². The molecule has 0 radical (unpaired) electrons. The maximum atomic E-state index is 11.9. The lowest BCUT2D eigenvalue weighted by Gasteiger charge is -2.24. The smallest absolute Gasteiger partial charge is 0.221 e. The van der Waals surface area contributed by atoms with E-state index in [-0.39, 0.29) is 5.91 Å². The van der Waals surface area contributed by atoms with Gasteiger partial charge in [-0.3, -0.25) is 9.69 Å². The minimum absolute atomic E-state index is 0.107. The highest BCUT2D eigenvalue weighted by Crippen LogP contribution is 2.15. The Morgan fingerprint density at radius 3 is 2.92 bits per heavy atom. The van der Waals surface area contributed by atoms with E-state index < -0.39 is 0 Å². The van der Waals surface area contributed by atoms with Crippen LogP contribution in [0, 0.1) is 0 Å². The highest BCUT2D eigenvalue weighted by atomic mass is 16.5. The summed E-state index contributed by atoms with van der Waals surface area (Å²) in [5.41, 5.74) is 0. The third-order valence-corrected chi connectivity index (χ3v) is 4.68. The molecule has 1 atom stereocenters. The van der Waals surface area contributed by atoms with E-state index in [2.05, 4.69) is 10.2 Å². The highest BCUT2D eigenvalue weighted by Gasteiger charge is 2.19. The van der Waals surface area contributed by atoms with E-state index in [0.717, 1.165) is 57.8 Å². The average Bonchev–Trinajstić information content (AvgIpc) is 3.40. The molecule has 0 spiro atoms. The maximum absolute atomic E-state index is 11.9. The summed E-state index contributed by atoms with van der Waals surface area (Å²) in [5, 5.41) is 3.02. The minimum Gasteiger partial charge on any atom is -0.468 e. The van der Waals surface area contributed by atoms with E-state index in [1.807, 2.05) is 41.2 Å². The lowest BCUT2D eigenvalue weighted by molar-refractivity contribution is -0.121. The van der Waals surface area contributed by atoms with Crippen molar-refractivity contribution in [3.63, 3.8) is 0 Å². The van der Waals surface area contributed by atoms with Crippen molar-refractivity contribution < 1.29 is 13.9 Å². The molecule has 1 aliphatic heterocycles. The fourth-order valence-corrected chi connectivity index (χ4v) is 3.30. The van der Waals surface area contributed by atoms with Crippen LogP contribution in [0.25, 0.3) is 0 Å². The van der Waals surface area contributed by atoms with Gasteiger partial charge < -0.3 is 19.0 Å². The van der Waals surface area contributed by atoms with Crippen molar-refractivity contribution in [3.8, 4) is 0 Å². The molecule has 1 N–H and O–H groups in total. The van der Waals surface area contributed by atoms with Crippen LogP contribution in [-0.2, 0) is 22.6 Å². The Labute approximate surface area is 155 Å². The van der Waals surface area contributed by atoms with Crippen molar-refractivity contribution in [1.82, 2.24) is 14.8 Å². The topological polar surface area (TPSA) is 59.6 Å². The number of rotatable bonds is 11. The number of carbonyl (C=O) groups excluding carboxylic acids is 1. The summed E-state index contributed by atoms with van der Waals surface area (Å²) in [6.45, 7) is 4.92. The third-order valence-electron chi connectivity index (χ3n) is 4.68. The second kappa shape index (κ2) is 10.2. The van der Waals surface area contributed by atoms with E-state index in [9.17, 15) is 4.79 Å². The van der Waals surface area contributed by atoms with Gasteiger partial charge >= 0.3 is 0 Å². The summed E-state index contributed by atoms with van der Waals surface area (Å²) in [7, 11) is 0. The zero-order valence-corrected chi connectivity index (χ0v) is 15.3. The molecule has 1 fully saturated rings. The Morgan fingerprint density at radius 2 is 2.19 bits per heavy atom. The van der Waals surface area contributed by atoms with Crippen molar-refractivity contribution in [1.29, 1.82) is 0 Å². The number of aromatic nitrogens is 1. The summed E-state index contributed by atoms with van der Waals surface area (Å²) >= 11 is 0. The maximum Gasteiger partial charge on any atom is 0.221 e. The number of aryl methyl sites for hydroxylation is 1. The van der Waals surface area contributed by atoms with Gasteiger partial charge in [0.1, 0.15) is 5.76 Å². The molecule has 6 nitrogen and oxygen atoms in total. The van der Waals surface area contributed by atoms with Gasteiger partial charge in [0.2, 0.25) is 5.91 Å². The van der Waals surface area contributed by atoms with Crippen LogP contribution in [0.4, 0.5) is 0 Å². The van der Waals surface area contributed by atoms with E-state index in [0.29, 0.717) is 19.1 Å². The Morgan fingerprint density at radius 1 is 1.31 bits per heavy atom. The van der Waals surface area contributed by atoms with Crippen LogP contribution < -0.4 is 5.32 Å².